The van der Waals surface area contributed by atoms with Crippen LogP contribution in [0.4, 0.5) is 10.3 Å². The van der Waals surface area contributed by atoms with Crippen LogP contribution in [0.2, 0.25) is 0 Å². The highest BCUT2D eigenvalue weighted by Gasteiger charge is 2.21. The number of halogens is 1. The van der Waals surface area contributed by atoms with E-state index in [-0.39, 0.29) is 11.4 Å². The monoisotopic (exact) mass is 236 g/mol. The average Bonchev–Trinajstić information content (AvgIpc) is 2.70. The second-order valence-corrected chi connectivity index (χ2v) is 4.48. The van der Waals surface area contributed by atoms with Gasteiger partial charge < -0.3 is 5.32 Å². The molecule has 0 unspecified atom stereocenters. The first kappa shape index (κ1) is 11.8. The van der Waals surface area contributed by atoms with Crippen LogP contribution < -0.4 is 5.32 Å². The van der Waals surface area contributed by atoms with Gasteiger partial charge in [-0.15, -0.1) is 5.10 Å². The molecule has 0 atom stereocenters. The molecular weight excluding hydrogens is 219 g/mol. The van der Waals surface area contributed by atoms with Crippen LogP contribution in [0.5, 0.6) is 0 Å². The normalized spacial score (nSPS) is 12.0. The summed E-state index contributed by atoms with van der Waals surface area (Å²) in [5, 5.41) is 7.51. The van der Waals surface area contributed by atoms with Crippen LogP contribution in [0.25, 0.3) is 5.65 Å². The van der Waals surface area contributed by atoms with E-state index in [1.807, 2.05) is 0 Å². The molecule has 0 aliphatic heterocycles. The average molecular weight is 236 g/mol. The first-order valence-corrected chi connectivity index (χ1v) is 5.86. The first-order chi connectivity index (χ1) is 8.06. The van der Waals surface area contributed by atoms with Crippen molar-refractivity contribution in [2.75, 3.05) is 5.32 Å². The summed E-state index contributed by atoms with van der Waals surface area (Å²) in [7, 11) is 0. The van der Waals surface area contributed by atoms with Crippen molar-refractivity contribution in [3.05, 3.63) is 24.1 Å². The molecule has 2 aromatic heterocycles. The molecule has 0 aliphatic rings. The number of anilines is 1. The Kier molecular flexibility index (Phi) is 3.00. The van der Waals surface area contributed by atoms with E-state index in [1.165, 1.54) is 16.8 Å². The van der Waals surface area contributed by atoms with Crippen LogP contribution in [0, 0.1) is 5.82 Å². The molecule has 0 bridgehead atoms. The maximum Gasteiger partial charge on any atom is 0.243 e. The molecule has 4 nitrogen and oxygen atoms in total. The molecule has 0 saturated heterocycles. The quantitative estimate of drug-likeness (QED) is 0.887. The number of aromatic nitrogens is 3. The third-order valence-electron chi connectivity index (χ3n) is 3.27. The van der Waals surface area contributed by atoms with Crippen molar-refractivity contribution in [2.45, 2.75) is 39.2 Å². The Balaban J connectivity index is 2.31. The van der Waals surface area contributed by atoms with Gasteiger partial charge in [-0.05, 0) is 31.9 Å². The van der Waals surface area contributed by atoms with Gasteiger partial charge in [-0.2, -0.15) is 4.98 Å². The molecule has 0 aromatic carbocycles. The van der Waals surface area contributed by atoms with Gasteiger partial charge in [-0.3, -0.25) is 0 Å². The fraction of sp³-hybridized carbons (Fsp3) is 0.500. The van der Waals surface area contributed by atoms with Gasteiger partial charge in [0.1, 0.15) is 5.82 Å². The molecule has 17 heavy (non-hydrogen) atoms. The molecule has 2 aromatic rings. The van der Waals surface area contributed by atoms with E-state index in [4.69, 9.17) is 0 Å². The molecule has 0 saturated carbocycles. The molecule has 5 heteroatoms. The van der Waals surface area contributed by atoms with Crippen molar-refractivity contribution < 1.29 is 4.39 Å². The van der Waals surface area contributed by atoms with Crippen molar-refractivity contribution in [3.8, 4) is 0 Å². The van der Waals surface area contributed by atoms with Crippen LogP contribution in [0.1, 0.15) is 33.6 Å². The Labute approximate surface area is 99.9 Å². The van der Waals surface area contributed by atoms with E-state index < -0.39 is 0 Å². The largest absolute Gasteiger partial charge is 0.348 e. The lowest BCUT2D eigenvalue weighted by atomic mass is 9.96. The van der Waals surface area contributed by atoms with Crippen LogP contribution in [0.15, 0.2) is 18.3 Å². The maximum atomic E-state index is 13.0. The van der Waals surface area contributed by atoms with Gasteiger partial charge in [-0.25, -0.2) is 8.91 Å². The van der Waals surface area contributed by atoms with Gasteiger partial charge >= 0.3 is 0 Å². The summed E-state index contributed by atoms with van der Waals surface area (Å²) in [5.74, 6) is 0.226. The SMILES string of the molecule is CCC(C)(CC)Nc1nc2ccc(F)cn2n1. The lowest BCUT2D eigenvalue weighted by Gasteiger charge is -2.27. The van der Waals surface area contributed by atoms with Gasteiger partial charge in [0.05, 0.1) is 6.20 Å². The molecule has 2 rings (SSSR count). The van der Waals surface area contributed by atoms with E-state index in [1.54, 1.807) is 6.07 Å². The lowest BCUT2D eigenvalue weighted by molar-refractivity contribution is 0.474. The van der Waals surface area contributed by atoms with Crippen molar-refractivity contribution in [1.82, 2.24) is 14.6 Å². The van der Waals surface area contributed by atoms with E-state index in [2.05, 4.69) is 36.2 Å². The Morgan fingerprint density at radius 2 is 2.06 bits per heavy atom. The number of fused-ring (bicyclic) bond motifs is 1. The third kappa shape index (κ3) is 2.38. The number of hydrogen-bond donors (Lipinski definition) is 1. The zero-order chi connectivity index (χ0) is 12.5. The van der Waals surface area contributed by atoms with E-state index in [9.17, 15) is 4.39 Å². The van der Waals surface area contributed by atoms with E-state index in [0.717, 1.165) is 12.8 Å². The fourth-order valence-electron chi connectivity index (χ4n) is 1.61. The first-order valence-electron chi connectivity index (χ1n) is 5.86. The van der Waals surface area contributed by atoms with Crippen LogP contribution in [-0.4, -0.2) is 20.1 Å². The van der Waals surface area contributed by atoms with Gasteiger partial charge in [0, 0.05) is 5.54 Å². The molecule has 0 spiro atoms. The Bertz CT molecular complexity index is 516. The van der Waals surface area contributed by atoms with Crippen LogP contribution in [-0.2, 0) is 0 Å². The van der Waals surface area contributed by atoms with Gasteiger partial charge in [0.15, 0.2) is 5.65 Å². The summed E-state index contributed by atoms with van der Waals surface area (Å²) in [6.45, 7) is 6.36. The number of nitrogens with zero attached hydrogens (tertiary/aromatic N) is 3. The summed E-state index contributed by atoms with van der Waals surface area (Å²) in [6, 6.07) is 3.00. The molecule has 0 aliphatic carbocycles. The minimum Gasteiger partial charge on any atom is -0.348 e. The summed E-state index contributed by atoms with van der Waals surface area (Å²) in [5.41, 5.74) is 0.618. The smallest absolute Gasteiger partial charge is 0.243 e. The number of nitrogens with one attached hydrogen (secondary N) is 1. The summed E-state index contributed by atoms with van der Waals surface area (Å²) in [6.07, 6.45) is 3.28. The summed E-state index contributed by atoms with van der Waals surface area (Å²) < 4.78 is 14.5. The zero-order valence-electron chi connectivity index (χ0n) is 10.4. The van der Waals surface area contributed by atoms with Crippen LogP contribution >= 0.6 is 0 Å². The van der Waals surface area contributed by atoms with Gasteiger partial charge in [-0.1, -0.05) is 13.8 Å². The number of hydrogen-bond acceptors (Lipinski definition) is 3. The molecule has 0 amide bonds. The Morgan fingerprint density at radius 1 is 1.35 bits per heavy atom. The second-order valence-electron chi connectivity index (χ2n) is 4.48. The summed E-state index contributed by atoms with van der Waals surface area (Å²) in [4.78, 5) is 4.31. The van der Waals surface area contributed by atoms with Crippen molar-refractivity contribution >= 4 is 11.6 Å². The number of rotatable bonds is 4. The molecular formula is C12H17FN4. The lowest BCUT2D eigenvalue weighted by Crippen LogP contribution is -2.33. The number of pyridine rings is 1. The standard InChI is InChI=1S/C12H17FN4/c1-4-12(3,5-2)15-11-14-10-7-6-9(13)8-17(10)16-11/h6-8H,4-5H2,1-3H3,(H,15,16). The van der Waals surface area contributed by atoms with E-state index >= 15 is 0 Å². The Hall–Kier alpha value is -1.65. The highest BCUT2D eigenvalue weighted by Crippen LogP contribution is 2.19. The van der Waals surface area contributed by atoms with Crippen molar-refractivity contribution in [3.63, 3.8) is 0 Å². The molecule has 1 N–H and O–H groups in total. The predicted octanol–water partition coefficient (Wildman–Crippen LogP) is 2.86. The predicted molar refractivity (Wildman–Crippen MR) is 65.6 cm³/mol. The minimum atomic E-state index is -0.317. The highest BCUT2D eigenvalue weighted by atomic mass is 19.1. The molecule has 92 valence electrons. The topological polar surface area (TPSA) is 42.2 Å². The molecule has 0 fully saturated rings. The zero-order valence-corrected chi connectivity index (χ0v) is 10.4. The van der Waals surface area contributed by atoms with Gasteiger partial charge in [0.25, 0.3) is 0 Å². The summed E-state index contributed by atoms with van der Waals surface area (Å²) >= 11 is 0. The fourth-order valence-corrected chi connectivity index (χ4v) is 1.61. The molecule has 2 heterocycles. The molecule has 0 radical (unpaired) electrons. The van der Waals surface area contributed by atoms with Crippen molar-refractivity contribution in [1.29, 1.82) is 0 Å². The van der Waals surface area contributed by atoms with Crippen LogP contribution in [0.3, 0.4) is 0 Å². The maximum absolute atomic E-state index is 13.0. The van der Waals surface area contributed by atoms with Crippen molar-refractivity contribution in [2.24, 2.45) is 0 Å². The second kappa shape index (κ2) is 4.31. The van der Waals surface area contributed by atoms with Gasteiger partial charge in [0.2, 0.25) is 5.95 Å². The third-order valence-corrected chi connectivity index (χ3v) is 3.27. The Morgan fingerprint density at radius 3 is 2.71 bits per heavy atom. The minimum absolute atomic E-state index is 0.0243. The van der Waals surface area contributed by atoms with E-state index in [0.29, 0.717) is 11.6 Å². The highest BCUT2D eigenvalue weighted by molar-refractivity contribution is 5.44.